The van der Waals surface area contributed by atoms with Gasteiger partial charge in [-0.3, -0.25) is 14.9 Å². The van der Waals surface area contributed by atoms with Crippen molar-refractivity contribution in [1.82, 2.24) is 14.8 Å². The third-order valence-electron chi connectivity index (χ3n) is 6.72. The summed E-state index contributed by atoms with van der Waals surface area (Å²) in [6.07, 6.45) is 11.2. The Labute approximate surface area is 282 Å². The molecule has 11 heteroatoms. The lowest BCUT2D eigenvalue weighted by Crippen LogP contribution is -2.43. The smallest absolute Gasteiger partial charge is 0.294 e. The second-order valence-corrected chi connectivity index (χ2v) is 10.2. The highest BCUT2D eigenvalue weighted by Gasteiger charge is 2.22. The minimum Gasteiger partial charge on any atom is -0.494 e. The SMILES string of the molecule is CC.CC.CC.CCC/C=c1/c(=C\N=C(C)Nc2cc([N+](=O)[O-])c(N(C)CCN(C)C)cc2OC)cc(C2=CNCC=C2)c(=O)n1C. The molecule has 0 fully saturated rings. The van der Waals surface area contributed by atoms with Gasteiger partial charge in [-0.25, -0.2) is 4.99 Å². The van der Waals surface area contributed by atoms with E-state index in [4.69, 9.17) is 4.74 Å². The molecule has 0 saturated carbocycles. The molecule has 11 nitrogen and oxygen atoms in total. The number of aromatic nitrogens is 1. The van der Waals surface area contributed by atoms with Crippen LogP contribution in [0.4, 0.5) is 17.1 Å². The van der Waals surface area contributed by atoms with Gasteiger partial charge in [-0.15, -0.1) is 0 Å². The van der Waals surface area contributed by atoms with Crippen molar-refractivity contribution in [2.75, 3.05) is 58.1 Å². The average Bonchev–Trinajstić information content (AvgIpc) is 3.10. The third-order valence-corrected chi connectivity index (χ3v) is 6.72. The molecule has 3 rings (SSSR count). The molecule has 0 spiro atoms. The van der Waals surface area contributed by atoms with Crippen LogP contribution in [0, 0.1) is 10.1 Å². The first kappa shape index (κ1) is 42.6. The molecule has 0 aliphatic carbocycles. The quantitative estimate of drug-likeness (QED) is 0.137. The van der Waals surface area contributed by atoms with Gasteiger partial charge in [0.25, 0.3) is 11.2 Å². The fourth-order valence-electron chi connectivity index (χ4n) is 4.40. The number of nitro benzene ring substituents is 1. The minimum atomic E-state index is -0.393. The Kier molecular flexibility index (Phi) is 20.9. The predicted octanol–water partition coefficient (Wildman–Crippen LogP) is 5.73. The number of methoxy groups -OCH3 is 1. The number of hydrogen-bond acceptors (Lipinski definition) is 8. The van der Waals surface area contributed by atoms with Crippen molar-refractivity contribution >= 4 is 40.7 Å². The predicted molar refractivity (Wildman–Crippen MR) is 202 cm³/mol. The molecule has 1 aromatic heterocycles. The number of likely N-dealkylation sites (N-methyl/N-ethyl adjacent to an activating group) is 2. The summed E-state index contributed by atoms with van der Waals surface area (Å²) >= 11 is 0. The van der Waals surface area contributed by atoms with Gasteiger partial charge in [0, 0.05) is 80.0 Å². The number of nitrogens with zero attached hydrogens (tertiary/aromatic N) is 5. The molecule has 1 aliphatic heterocycles. The van der Waals surface area contributed by atoms with E-state index in [-0.39, 0.29) is 11.2 Å². The molecule has 47 heavy (non-hydrogen) atoms. The van der Waals surface area contributed by atoms with Crippen molar-refractivity contribution in [3.8, 4) is 5.75 Å². The number of amidine groups is 1. The van der Waals surface area contributed by atoms with E-state index >= 15 is 0 Å². The summed E-state index contributed by atoms with van der Waals surface area (Å²) in [7, 11) is 9.03. The summed E-state index contributed by atoms with van der Waals surface area (Å²) in [5, 5.41) is 19.9. The topological polar surface area (TPSA) is 117 Å². The number of unbranched alkanes of at least 4 members (excludes halogenated alkanes) is 1. The molecule has 1 aliphatic rings. The Morgan fingerprint density at radius 3 is 2.32 bits per heavy atom. The number of nitro groups is 1. The lowest BCUT2D eigenvalue weighted by atomic mass is 10.1. The first-order valence-corrected chi connectivity index (χ1v) is 16.6. The highest BCUT2D eigenvalue weighted by molar-refractivity contribution is 5.97. The largest absolute Gasteiger partial charge is 0.494 e. The summed E-state index contributed by atoms with van der Waals surface area (Å²) in [5.41, 5.74) is 2.16. The summed E-state index contributed by atoms with van der Waals surface area (Å²) < 4.78 is 7.24. The zero-order chi connectivity index (χ0) is 36.1. The van der Waals surface area contributed by atoms with E-state index in [1.54, 1.807) is 30.8 Å². The number of dihydropyridines is 1. The molecular formula is C36H59N7O4. The number of rotatable bonds is 11. The zero-order valence-corrected chi connectivity index (χ0v) is 31.0. The number of pyridine rings is 1. The molecule has 0 amide bonds. The maximum atomic E-state index is 13.2. The summed E-state index contributed by atoms with van der Waals surface area (Å²) in [6.45, 7) is 17.9. The number of anilines is 2. The Bertz CT molecular complexity index is 1540. The number of nitrogens with one attached hydrogen (secondary N) is 2. The standard InChI is InChI=1S/C30H41N7O4.3C2H6/c1-8-9-12-26-23(16-24(30(38)36(26)6)22-11-10-13-31-19-22)20-32-21(2)33-25-17-28(37(39)40)27(18-29(25)41-7)35(5)15-14-34(3)4;3*1-2/h10-12,16-20,31H,8-9,13-15H2,1-7H3,(H,32,33);3*1-2H3/b23-20-,26-12-;;;. The van der Waals surface area contributed by atoms with Crippen molar-refractivity contribution in [3.63, 3.8) is 0 Å². The first-order valence-electron chi connectivity index (χ1n) is 16.6. The van der Waals surface area contributed by atoms with Crippen molar-refractivity contribution in [2.45, 2.75) is 68.2 Å². The van der Waals surface area contributed by atoms with Crippen LogP contribution in [-0.2, 0) is 7.05 Å². The maximum Gasteiger partial charge on any atom is 0.294 e. The van der Waals surface area contributed by atoms with E-state index in [1.807, 2.05) is 103 Å². The van der Waals surface area contributed by atoms with Crippen LogP contribution in [0.1, 0.15) is 73.8 Å². The van der Waals surface area contributed by atoms with Crippen molar-refractivity contribution in [2.24, 2.45) is 12.0 Å². The summed E-state index contributed by atoms with van der Waals surface area (Å²) in [4.78, 5) is 33.3. The van der Waals surface area contributed by atoms with Crippen LogP contribution in [0.5, 0.6) is 5.75 Å². The summed E-state index contributed by atoms with van der Waals surface area (Å²) in [5.74, 6) is 0.961. The highest BCUT2D eigenvalue weighted by Crippen LogP contribution is 2.38. The molecule has 0 bridgehead atoms. The van der Waals surface area contributed by atoms with Gasteiger partial charge < -0.3 is 29.7 Å². The van der Waals surface area contributed by atoms with Gasteiger partial charge >= 0.3 is 0 Å². The van der Waals surface area contributed by atoms with Crippen LogP contribution in [0.3, 0.4) is 0 Å². The molecule has 262 valence electrons. The number of benzene rings is 1. The van der Waals surface area contributed by atoms with Crippen LogP contribution in [0.25, 0.3) is 17.8 Å². The van der Waals surface area contributed by atoms with Gasteiger partial charge in [-0.05, 0) is 33.5 Å². The van der Waals surface area contributed by atoms with E-state index in [9.17, 15) is 14.9 Å². The van der Waals surface area contributed by atoms with Crippen molar-refractivity contribution in [3.05, 3.63) is 73.2 Å². The fraction of sp³-hybridized carbons (Fsp3) is 0.500. The lowest BCUT2D eigenvalue weighted by Gasteiger charge is -2.22. The monoisotopic (exact) mass is 653 g/mol. The van der Waals surface area contributed by atoms with Crippen LogP contribution >= 0.6 is 0 Å². The van der Waals surface area contributed by atoms with Crippen LogP contribution < -0.4 is 36.4 Å². The normalized spacial score (nSPS) is 12.8. The number of hydrogen-bond donors (Lipinski definition) is 2. The van der Waals surface area contributed by atoms with E-state index < -0.39 is 4.92 Å². The van der Waals surface area contributed by atoms with E-state index in [0.29, 0.717) is 35.1 Å². The molecule has 1 aromatic carbocycles. The second kappa shape index (κ2) is 23.0. The fourth-order valence-corrected chi connectivity index (χ4v) is 4.40. The summed E-state index contributed by atoms with van der Waals surface area (Å²) in [6, 6.07) is 5.00. The lowest BCUT2D eigenvalue weighted by molar-refractivity contribution is -0.384. The Morgan fingerprint density at radius 2 is 1.79 bits per heavy atom. The minimum absolute atomic E-state index is 0.0343. The first-order chi connectivity index (χ1) is 22.6. The van der Waals surface area contributed by atoms with Crippen molar-refractivity contribution in [1.29, 1.82) is 0 Å². The Balaban J connectivity index is 0.00000333. The Morgan fingerprint density at radius 1 is 1.13 bits per heavy atom. The van der Waals surface area contributed by atoms with Crippen molar-refractivity contribution < 1.29 is 9.66 Å². The molecule has 2 aromatic rings. The zero-order valence-electron chi connectivity index (χ0n) is 31.0. The third kappa shape index (κ3) is 12.7. The van der Waals surface area contributed by atoms with Gasteiger partial charge in [0.05, 0.1) is 17.7 Å². The van der Waals surface area contributed by atoms with Crippen LogP contribution in [-0.4, -0.2) is 68.1 Å². The van der Waals surface area contributed by atoms with Crippen LogP contribution in [0.15, 0.2) is 46.3 Å². The maximum absolute atomic E-state index is 13.2. The van der Waals surface area contributed by atoms with Gasteiger partial charge in [0.2, 0.25) is 0 Å². The number of ether oxygens (including phenoxy) is 1. The highest BCUT2D eigenvalue weighted by atomic mass is 16.6. The van der Waals surface area contributed by atoms with Crippen LogP contribution in [0.2, 0.25) is 0 Å². The molecule has 2 heterocycles. The van der Waals surface area contributed by atoms with E-state index in [0.717, 1.165) is 42.1 Å². The number of aliphatic imine (C=N–C) groups is 1. The second-order valence-electron chi connectivity index (χ2n) is 10.2. The van der Waals surface area contributed by atoms with Gasteiger partial charge in [0.1, 0.15) is 17.3 Å². The van der Waals surface area contributed by atoms with E-state index in [2.05, 4.69) is 22.5 Å². The molecule has 0 atom stereocenters. The number of allylic oxidation sites excluding steroid dienone is 2. The van der Waals surface area contributed by atoms with E-state index in [1.165, 1.54) is 13.2 Å². The Hall–Kier alpha value is -4.38. The molecular weight excluding hydrogens is 594 g/mol. The molecule has 0 saturated heterocycles. The average molecular weight is 654 g/mol. The van der Waals surface area contributed by atoms with Gasteiger partial charge in [-0.2, -0.15) is 0 Å². The van der Waals surface area contributed by atoms with Gasteiger partial charge in [0.15, 0.2) is 0 Å². The van der Waals surface area contributed by atoms with Gasteiger partial charge in [-0.1, -0.05) is 73.1 Å². The molecule has 2 N–H and O–H groups in total. The molecule has 0 unspecified atom stereocenters. The molecule has 0 radical (unpaired) electrons.